The molecule has 3 N–H and O–H groups in total. The van der Waals surface area contributed by atoms with Crippen LogP contribution in [0.15, 0.2) is 24.3 Å². The molecule has 0 aliphatic rings. The van der Waals surface area contributed by atoms with Crippen LogP contribution in [0.5, 0.6) is 0 Å². The Kier molecular flexibility index (Phi) is 55.6. The van der Waals surface area contributed by atoms with Crippen LogP contribution < -0.4 is 0 Å². The summed E-state index contributed by atoms with van der Waals surface area (Å²) in [6.07, 6.45) is 44.3. The monoisotopic (exact) mass is 1220 g/mol. The first kappa shape index (κ1) is 80.5. The third kappa shape index (κ3) is 58.3. The summed E-state index contributed by atoms with van der Waals surface area (Å²) in [6, 6.07) is 0. The maximum absolute atomic E-state index is 13.0. The Labute approximate surface area is 503 Å². The first-order valence-electron chi connectivity index (χ1n) is 33.0. The van der Waals surface area contributed by atoms with Gasteiger partial charge < -0.3 is 33.8 Å². The second kappa shape index (κ2) is 57.3. The molecule has 0 aromatic heterocycles. The van der Waals surface area contributed by atoms with Gasteiger partial charge in [0.2, 0.25) is 0 Å². The van der Waals surface area contributed by atoms with Crippen molar-refractivity contribution in [2.75, 3.05) is 39.6 Å². The van der Waals surface area contributed by atoms with E-state index in [1.165, 1.54) is 103 Å². The number of allylic oxidation sites excluding steroid dienone is 4. The molecule has 0 saturated heterocycles. The van der Waals surface area contributed by atoms with Crippen LogP contribution in [0.4, 0.5) is 0 Å². The summed E-state index contributed by atoms with van der Waals surface area (Å²) in [4.78, 5) is 71.9. The molecule has 0 radical (unpaired) electrons. The van der Waals surface area contributed by atoms with E-state index in [4.69, 9.17) is 37.0 Å². The summed E-state index contributed by atoms with van der Waals surface area (Å²) >= 11 is 0. The number of aliphatic hydroxyl groups is 1. The van der Waals surface area contributed by atoms with Crippen LogP contribution in [-0.4, -0.2) is 96.7 Å². The van der Waals surface area contributed by atoms with Gasteiger partial charge in [0, 0.05) is 25.7 Å². The maximum atomic E-state index is 13.0. The highest BCUT2D eigenvalue weighted by atomic mass is 31.2. The third-order valence-corrected chi connectivity index (χ3v) is 16.1. The normalized spacial score (nSPS) is 14.4. The second-order valence-electron chi connectivity index (χ2n) is 22.9. The lowest BCUT2D eigenvalue weighted by Gasteiger charge is -2.21. The van der Waals surface area contributed by atoms with Crippen molar-refractivity contribution >= 4 is 39.5 Å². The predicted octanol–water partition coefficient (Wildman–Crippen LogP) is 17.3. The van der Waals surface area contributed by atoms with E-state index in [9.17, 15) is 43.2 Å². The molecule has 83 heavy (non-hydrogen) atoms. The van der Waals surface area contributed by atoms with E-state index in [0.717, 1.165) is 115 Å². The molecular formula is C64H120O17P2. The Balaban J connectivity index is 5.22. The van der Waals surface area contributed by atoms with Crippen molar-refractivity contribution in [1.29, 1.82) is 0 Å². The minimum absolute atomic E-state index is 0.0851. The van der Waals surface area contributed by atoms with E-state index in [1.807, 2.05) is 0 Å². The number of aliphatic hydroxyl groups excluding tert-OH is 1. The van der Waals surface area contributed by atoms with Gasteiger partial charge in [0.15, 0.2) is 12.2 Å². The molecule has 488 valence electrons. The molecule has 0 heterocycles. The summed E-state index contributed by atoms with van der Waals surface area (Å²) < 4.78 is 67.8. The van der Waals surface area contributed by atoms with Crippen molar-refractivity contribution in [2.45, 2.75) is 316 Å². The average Bonchev–Trinajstić information content (AvgIpc) is 3.45. The Bertz CT molecular complexity index is 1710. The van der Waals surface area contributed by atoms with Crippen molar-refractivity contribution in [2.24, 2.45) is 5.92 Å². The molecule has 0 saturated carbocycles. The van der Waals surface area contributed by atoms with Gasteiger partial charge in [0.25, 0.3) is 0 Å². The van der Waals surface area contributed by atoms with Crippen molar-refractivity contribution in [1.82, 2.24) is 0 Å². The van der Waals surface area contributed by atoms with E-state index in [1.54, 1.807) is 0 Å². The highest BCUT2D eigenvalue weighted by Crippen LogP contribution is 2.45. The van der Waals surface area contributed by atoms with Crippen molar-refractivity contribution < 1.29 is 80.2 Å². The fourth-order valence-electron chi connectivity index (χ4n) is 9.04. The van der Waals surface area contributed by atoms with Crippen LogP contribution in [0, 0.1) is 5.92 Å². The lowest BCUT2D eigenvalue weighted by Crippen LogP contribution is -2.30. The Hall–Kier alpha value is -2.46. The van der Waals surface area contributed by atoms with E-state index >= 15 is 0 Å². The topological polar surface area (TPSA) is 237 Å². The summed E-state index contributed by atoms with van der Waals surface area (Å²) in [5.74, 6) is -1.46. The largest absolute Gasteiger partial charge is 0.472 e. The Morgan fingerprint density at radius 2 is 0.651 bits per heavy atom. The molecule has 0 bridgehead atoms. The molecule has 0 aliphatic heterocycles. The number of carbonyl (C=O) groups is 4. The first-order chi connectivity index (χ1) is 40.0. The molecule has 17 nitrogen and oxygen atoms in total. The average molecular weight is 1220 g/mol. The minimum atomic E-state index is -4.95. The lowest BCUT2D eigenvalue weighted by atomic mass is 10.0. The summed E-state index contributed by atoms with van der Waals surface area (Å²) in [7, 11) is -9.89. The standard InChI is InChI=1S/C64H120O17P2/c1-6-9-12-15-17-19-21-23-24-25-27-29-34-39-44-49-63(68)81-60(54-75-62(67)48-43-38-33-28-26-22-20-18-16-13-10-7-2)56-79-83(72,73)77-52-58(65)51-76-82(70,71)78-55-59(53-74-61(66)47-42-36-14-11-8-3)80-64(69)50-45-40-35-31-30-32-37-41-46-57(4)5/h19,21,23-24,57-60,65H,6-18,20,22,25-56H2,1-5H3,(H,70,71)(H,72,73)/b21-19-,24-23-/t58-,59+,60+/m0/s1. The van der Waals surface area contributed by atoms with Crippen LogP contribution in [-0.2, 0) is 65.4 Å². The smallest absolute Gasteiger partial charge is 0.462 e. The molecule has 2 unspecified atom stereocenters. The molecule has 0 rings (SSSR count). The number of ether oxygens (including phenoxy) is 4. The van der Waals surface area contributed by atoms with Gasteiger partial charge in [-0.25, -0.2) is 9.13 Å². The number of rotatable bonds is 62. The quantitative estimate of drug-likeness (QED) is 0.0169. The van der Waals surface area contributed by atoms with Crippen LogP contribution in [0.2, 0.25) is 0 Å². The highest BCUT2D eigenvalue weighted by Gasteiger charge is 2.30. The fourth-order valence-corrected chi connectivity index (χ4v) is 10.6. The Morgan fingerprint density at radius 1 is 0.373 bits per heavy atom. The zero-order valence-electron chi connectivity index (χ0n) is 52.8. The zero-order valence-corrected chi connectivity index (χ0v) is 54.6. The molecular weight excluding hydrogens is 1100 g/mol. The van der Waals surface area contributed by atoms with E-state index < -0.39 is 97.5 Å². The van der Waals surface area contributed by atoms with Crippen LogP contribution >= 0.6 is 15.6 Å². The Morgan fingerprint density at radius 3 is 0.988 bits per heavy atom. The van der Waals surface area contributed by atoms with Gasteiger partial charge in [-0.3, -0.25) is 37.3 Å². The number of carbonyl (C=O) groups excluding carboxylic acids is 4. The number of phosphoric ester groups is 2. The number of hydrogen-bond donors (Lipinski definition) is 3. The zero-order chi connectivity index (χ0) is 61.3. The van der Waals surface area contributed by atoms with Crippen LogP contribution in [0.25, 0.3) is 0 Å². The molecule has 5 atom stereocenters. The lowest BCUT2D eigenvalue weighted by molar-refractivity contribution is -0.161. The molecule has 0 aromatic rings. The summed E-state index contributed by atoms with van der Waals surface area (Å²) in [5, 5.41) is 10.5. The van der Waals surface area contributed by atoms with E-state index in [2.05, 4.69) is 58.9 Å². The summed E-state index contributed by atoms with van der Waals surface area (Å²) in [5.41, 5.74) is 0. The molecule has 0 amide bonds. The second-order valence-corrected chi connectivity index (χ2v) is 25.8. The first-order valence-corrected chi connectivity index (χ1v) is 35.9. The van der Waals surface area contributed by atoms with E-state index in [-0.39, 0.29) is 25.7 Å². The van der Waals surface area contributed by atoms with Crippen molar-refractivity contribution in [3.8, 4) is 0 Å². The number of unbranched alkanes of at least 4 members (excludes halogenated alkanes) is 31. The van der Waals surface area contributed by atoms with Gasteiger partial charge in [-0.2, -0.15) is 0 Å². The maximum Gasteiger partial charge on any atom is 0.472 e. The van der Waals surface area contributed by atoms with Gasteiger partial charge in [-0.15, -0.1) is 0 Å². The van der Waals surface area contributed by atoms with Crippen molar-refractivity contribution in [3.05, 3.63) is 24.3 Å². The van der Waals surface area contributed by atoms with Gasteiger partial charge in [0.1, 0.15) is 19.3 Å². The number of hydrogen-bond acceptors (Lipinski definition) is 15. The van der Waals surface area contributed by atoms with Gasteiger partial charge >= 0.3 is 39.5 Å². The highest BCUT2D eigenvalue weighted by molar-refractivity contribution is 7.47. The SMILES string of the molecule is CCCCCC/C=C\C=C/CCCCCCCC(=O)O[C@H](COC(=O)CCCCCCCCCCCCCC)COP(=O)(O)OC[C@@H](O)COP(=O)(O)OC[C@@H](COC(=O)CCCCCCC)OC(=O)CCCCCCCCCCC(C)C. The predicted molar refractivity (Wildman–Crippen MR) is 331 cm³/mol. The number of phosphoric acid groups is 2. The van der Waals surface area contributed by atoms with Crippen molar-refractivity contribution in [3.63, 3.8) is 0 Å². The molecule has 0 fully saturated rings. The summed E-state index contributed by atoms with van der Waals surface area (Å²) in [6.45, 7) is 7.00. The van der Waals surface area contributed by atoms with E-state index in [0.29, 0.717) is 25.7 Å². The third-order valence-electron chi connectivity index (χ3n) is 14.2. The van der Waals surface area contributed by atoms with Gasteiger partial charge in [0.05, 0.1) is 26.4 Å². The van der Waals surface area contributed by atoms with Crippen LogP contribution in [0.1, 0.15) is 298 Å². The molecule has 0 aliphatic carbocycles. The van der Waals surface area contributed by atoms with Gasteiger partial charge in [-0.05, 0) is 57.3 Å². The number of esters is 4. The molecule has 0 aromatic carbocycles. The fraction of sp³-hybridized carbons (Fsp3) is 0.875. The molecule has 0 spiro atoms. The minimum Gasteiger partial charge on any atom is -0.462 e. The van der Waals surface area contributed by atoms with Crippen LogP contribution in [0.3, 0.4) is 0 Å². The van der Waals surface area contributed by atoms with Gasteiger partial charge in [-0.1, -0.05) is 245 Å². The molecule has 19 heteroatoms.